The SMILES string of the molecule is CN(C)Cc1cccc(Cc2cnc(NCCSCc3ccc(CN(C)C)o3)[nH]c2=O)c1. The quantitative estimate of drug-likeness (QED) is 0.405. The second-order valence-electron chi connectivity index (χ2n) is 8.41. The van der Waals surface area contributed by atoms with Gasteiger partial charge in [-0.1, -0.05) is 24.3 Å². The molecule has 2 N–H and O–H groups in total. The molecule has 7 nitrogen and oxygen atoms in total. The van der Waals surface area contributed by atoms with E-state index in [1.54, 1.807) is 18.0 Å². The van der Waals surface area contributed by atoms with Crippen LogP contribution in [0.4, 0.5) is 5.95 Å². The van der Waals surface area contributed by atoms with Crippen LogP contribution in [0.15, 0.2) is 51.8 Å². The van der Waals surface area contributed by atoms with Gasteiger partial charge in [-0.05, 0) is 51.5 Å². The molecule has 0 unspecified atom stereocenters. The van der Waals surface area contributed by atoms with Gasteiger partial charge in [-0.2, -0.15) is 11.8 Å². The van der Waals surface area contributed by atoms with E-state index in [1.165, 1.54) is 5.56 Å². The molecule has 0 aliphatic heterocycles. The second-order valence-corrected chi connectivity index (χ2v) is 9.51. The van der Waals surface area contributed by atoms with Crippen molar-refractivity contribution in [3.8, 4) is 0 Å². The summed E-state index contributed by atoms with van der Waals surface area (Å²) in [5.41, 5.74) is 2.91. The minimum Gasteiger partial charge on any atom is -0.464 e. The summed E-state index contributed by atoms with van der Waals surface area (Å²) in [6, 6.07) is 12.4. The van der Waals surface area contributed by atoms with Crippen molar-refractivity contribution < 1.29 is 4.42 Å². The Morgan fingerprint density at radius 3 is 2.53 bits per heavy atom. The molecule has 3 aromatic rings. The van der Waals surface area contributed by atoms with Crippen molar-refractivity contribution in [1.82, 2.24) is 19.8 Å². The van der Waals surface area contributed by atoms with E-state index in [9.17, 15) is 4.79 Å². The molecule has 2 heterocycles. The summed E-state index contributed by atoms with van der Waals surface area (Å²) in [5, 5.41) is 3.19. The van der Waals surface area contributed by atoms with Crippen molar-refractivity contribution >= 4 is 17.7 Å². The third kappa shape index (κ3) is 7.85. The number of nitrogens with one attached hydrogen (secondary N) is 2. The second kappa shape index (κ2) is 11.9. The number of rotatable bonds is 12. The summed E-state index contributed by atoms with van der Waals surface area (Å²) in [6.45, 7) is 2.40. The van der Waals surface area contributed by atoms with Crippen LogP contribution in [0.2, 0.25) is 0 Å². The molecule has 0 aliphatic rings. The molecule has 172 valence electrons. The van der Waals surface area contributed by atoms with Gasteiger partial charge in [0, 0.05) is 37.0 Å². The monoisotopic (exact) mass is 455 g/mol. The Morgan fingerprint density at radius 2 is 1.78 bits per heavy atom. The average Bonchev–Trinajstić information content (AvgIpc) is 3.16. The summed E-state index contributed by atoms with van der Waals surface area (Å²) in [6.07, 6.45) is 2.24. The van der Waals surface area contributed by atoms with Gasteiger partial charge in [0.2, 0.25) is 5.95 Å². The van der Waals surface area contributed by atoms with Gasteiger partial charge in [-0.15, -0.1) is 0 Å². The fourth-order valence-electron chi connectivity index (χ4n) is 3.37. The molecule has 32 heavy (non-hydrogen) atoms. The number of anilines is 1. The van der Waals surface area contributed by atoms with Crippen LogP contribution in [0.3, 0.4) is 0 Å². The Hall–Kier alpha value is -2.55. The number of furan rings is 1. The number of thioether (sulfide) groups is 1. The number of hydrogen-bond acceptors (Lipinski definition) is 7. The lowest BCUT2D eigenvalue weighted by Crippen LogP contribution is -2.18. The Labute approximate surface area is 194 Å². The highest BCUT2D eigenvalue weighted by Crippen LogP contribution is 2.16. The minimum absolute atomic E-state index is 0.0998. The number of hydrogen-bond donors (Lipinski definition) is 2. The van der Waals surface area contributed by atoms with Gasteiger partial charge >= 0.3 is 0 Å². The van der Waals surface area contributed by atoms with Gasteiger partial charge in [0.05, 0.1) is 12.3 Å². The Balaban J connectivity index is 1.44. The molecule has 0 fully saturated rings. The molecule has 0 atom stereocenters. The summed E-state index contributed by atoms with van der Waals surface area (Å²) in [5.74, 6) is 4.18. The molecule has 0 radical (unpaired) electrons. The summed E-state index contributed by atoms with van der Waals surface area (Å²) in [7, 11) is 8.14. The maximum Gasteiger partial charge on any atom is 0.255 e. The zero-order chi connectivity index (χ0) is 22.9. The Bertz CT molecular complexity index is 1040. The molecule has 0 saturated carbocycles. The van der Waals surface area contributed by atoms with Gasteiger partial charge in [0.25, 0.3) is 5.56 Å². The lowest BCUT2D eigenvalue weighted by Gasteiger charge is -2.11. The predicted octanol–water partition coefficient (Wildman–Crippen LogP) is 3.42. The van der Waals surface area contributed by atoms with E-state index < -0.39 is 0 Å². The molecule has 8 heteroatoms. The lowest BCUT2D eigenvalue weighted by molar-refractivity contribution is 0.344. The van der Waals surface area contributed by atoms with Crippen LogP contribution in [0.1, 0.15) is 28.2 Å². The number of aromatic amines is 1. The molecule has 0 bridgehead atoms. The Kier molecular flexibility index (Phi) is 8.96. The fraction of sp³-hybridized carbons (Fsp3) is 0.417. The first kappa shape index (κ1) is 24.1. The maximum absolute atomic E-state index is 12.5. The first-order valence-electron chi connectivity index (χ1n) is 10.7. The lowest BCUT2D eigenvalue weighted by atomic mass is 10.0. The van der Waals surface area contributed by atoms with Gasteiger partial charge in [-0.3, -0.25) is 9.78 Å². The van der Waals surface area contributed by atoms with Crippen molar-refractivity contribution in [2.75, 3.05) is 45.8 Å². The van der Waals surface area contributed by atoms with E-state index in [2.05, 4.69) is 37.2 Å². The first-order chi connectivity index (χ1) is 15.4. The molecule has 0 amide bonds. The largest absolute Gasteiger partial charge is 0.464 e. The molecule has 3 rings (SSSR count). The average molecular weight is 456 g/mol. The number of nitrogens with zero attached hydrogens (tertiary/aromatic N) is 3. The van der Waals surface area contributed by atoms with E-state index in [0.717, 1.165) is 41.7 Å². The molecule has 0 aliphatic carbocycles. The smallest absolute Gasteiger partial charge is 0.255 e. The van der Waals surface area contributed by atoms with Crippen molar-refractivity contribution in [2.45, 2.75) is 25.3 Å². The fourth-order valence-corrected chi connectivity index (χ4v) is 4.12. The van der Waals surface area contributed by atoms with Gasteiger partial charge in [0.15, 0.2) is 0 Å². The molecular formula is C24H33N5O2S. The molecule has 2 aromatic heterocycles. The van der Waals surface area contributed by atoms with Crippen LogP contribution < -0.4 is 10.9 Å². The van der Waals surface area contributed by atoms with Crippen molar-refractivity contribution in [3.63, 3.8) is 0 Å². The summed E-state index contributed by atoms with van der Waals surface area (Å²) < 4.78 is 5.82. The van der Waals surface area contributed by atoms with Crippen LogP contribution in [-0.2, 0) is 25.3 Å². The zero-order valence-electron chi connectivity index (χ0n) is 19.4. The van der Waals surface area contributed by atoms with Crippen molar-refractivity contribution in [1.29, 1.82) is 0 Å². The Morgan fingerprint density at radius 1 is 1.03 bits per heavy atom. The van der Waals surface area contributed by atoms with E-state index in [4.69, 9.17) is 4.42 Å². The minimum atomic E-state index is -0.0998. The standard InChI is InChI=1S/C24H33N5O2S/c1-28(2)15-19-7-5-6-18(12-19)13-20-14-26-24(27-23(20)30)25-10-11-32-17-22-9-8-21(31-22)16-29(3)4/h5-9,12,14H,10-11,13,15-17H2,1-4H3,(H2,25,26,27,30). The highest BCUT2D eigenvalue weighted by Gasteiger charge is 2.06. The molecule has 1 aromatic carbocycles. The van der Waals surface area contributed by atoms with Crippen LogP contribution >= 0.6 is 11.8 Å². The first-order valence-corrected chi connectivity index (χ1v) is 11.9. The number of aromatic nitrogens is 2. The molecule has 0 spiro atoms. The number of benzene rings is 1. The normalized spacial score (nSPS) is 11.4. The van der Waals surface area contributed by atoms with E-state index in [-0.39, 0.29) is 5.56 Å². The van der Waals surface area contributed by atoms with Gasteiger partial charge < -0.3 is 19.5 Å². The van der Waals surface area contributed by atoms with Crippen LogP contribution in [0, 0.1) is 0 Å². The van der Waals surface area contributed by atoms with Gasteiger partial charge in [0.1, 0.15) is 11.5 Å². The number of H-pyrrole nitrogens is 1. The van der Waals surface area contributed by atoms with Crippen LogP contribution in [0.25, 0.3) is 0 Å². The predicted molar refractivity (Wildman–Crippen MR) is 132 cm³/mol. The molecular weight excluding hydrogens is 422 g/mol. The van der Waals surface area contributed by atoms with Crippen molar-refractivity contribution in [2.24, 2.45) is 0 Å². The third-order valence-electron chi connectivity index (χ3n) is 4.73. The van der Waals surface area contributed by atoms with Gasteiger partial charge in [-0.25, -0.2) is 4.98 Å². The highest BCUT2D eigenvalue weighted by molar-refractivity contribution is 7.98. The molecule has 0 saturated heterocycles. The maximum atomic E-state index is 12.5. The third-order valence-corrected chi connectivity index (χ3v) is 5.71. The van der Waals surface area contributed by atoms with Crippen LogP contribution in [-0.4, -0.2) is 60.3 Å². The van der Waals surface area contributed by atoms with E-state index >= 15 is 0 Å². The topological polar surface area (TPSA) is 77.4 Å². The summed E-state index contributed by atoms with van der Waals surface area (Å²) in [4.78, 5) is 23.9. The zero-order valence-corrected chi connectivity index (χ0v) is 20.2. The van der Waals surface area contributed by atoms with Crippen molar-refractivity contribution in [3.05, 3.63) is 81.2 Å². The van der Waals surface area contributed by atoms with E-state index in [1.807, 2.05) is 52.5 Å². The highest BCUT2D eigenvalue weighted by atomic mass is 32.2. The van der Waals surface area contributed by atoms with E-state index in [0.29, 0.717) is 24.5 Å². The summed E-state index contributed by atoms with van der Waals surface area (Å²) >= 11 is 1.78. The van der Waals surface area contributed by atoms with Crippen LogP contribution in [0.5, 0.6) is 0 Å².